The van der Waals surface area contributed by atoms with Gasteiger partial charge < -0.3 is 20.0 Å². The maximum atomic E-state index is 11.7. The van der Waals surface area contributed by atoms with E-state index >= 15 is 0 Å². The first kappa shape index (κ1) is 12.8. The van der Waals surface area contributed by atoms with Gasteiger partial charge in [-0.05, 0) is 12.1 Å². The molecule has 0 aliphatic heterocycles. The van der Waals surface area contributed by atoms with Gasteiger partial charge in [0.05, 0.1) is 6.26 Å². The maximum absolute atomic E-state index is 11.7. The second-order valence-corrected chi connectivity index (χ2v) is 3.71. The molecule has 19 heavy (non-hydrogen) atoms. The van der Waals surface area contributed by atoms with Gasteiger partial charge in [-0.25, -0.2) is 4.79 Å². The molecular weight excluding hydrogens is 250 g/mol. The van der Waals surface area contributed by atoms with Crippen LogP contribution in [-0.2, 0) is 4.79 Å². The summed E-state index contributed by atoms with van der Waals surface area (Å²) in [6.07, 6.45) is -0.291. The molecule has 0 aliphatic carbocycles. The molecule has 1 heterocycles. The summed E-state index contributed by atoms with van der Waals surface area (Å²) in [5.41, 5.74) is 5.32. The van der Waals surface area contributed by atoms with Crippen LogP contribution in [0.4, 0.5) is 0 Å². The molecule has 98 valence electrons. The van der Waals surface area contributed by atoms with Gasteiger partial charge in [-0.3, -0.25) is 4.79 Å². The average Bonchev–Trinajstić information content (AvgIpc) is 2.90. The molecule has 1 unspecified atom stereocenters. The summed E-state index contributed by atoms with van der Waals surface area (Å²) in [6, 6.07) is 8.95. The monoisotopic (exact) mass is 261 g/mol. The Morgan fingerprint density at radius 1 is 1.21 bits per heavy atom. The summed E-state index contributed by atoms with van der Waals surface area (Å²) in [6.45, 7) is 0. The number of ether oxygens (including phenoxy) is 1. The van der Waals surface area contributed by atoms with Crippen LogP contribution in [0, 0.1) is 0 Å². The summed E-state index contributed by atoms with van der Waals surface area (Å²) >= 11 is 0. The number of esters is 1. The first-order valence-electron chi connectivity index (χ1n) is 5.41. The zero-order chi connectivity index (χ0) is 13.8. The molecule has 0 fully saturated rings. The fourth-order valence-corrected chi connectivity index (χ4v) is 1.56. The van der Waals surface area contributed by atoms with E-state index < -0.39 is 18.0 Å². The van der Waals surface area contributed by atoms with Crippen molar-refractivity contribution in [1.82, 2.24) is 0 Å². The highest BCUT2D eigenvalue weighted by Crippen LogP contribution is 2.21. The molecule has 1 amide bonds. The average molecular weight is 261 g/mol. The minimum Gasteiger partial charge on any atom is -0.434 e. The van der Waals surface area contributed by atoms with Crippen LogP contribution in [0.2, 0.25) is 0 Å². The molecule has 1 atom stereocenters. The number of rotatable bonds is 4. The predicted molar refractivity (Wildman–Crippen MR) is 64.3 cm³/mol. The van der Waals surface area contributed by atoms with E-state index in [9.17, 15) is 14.7 Å². The molecule has 3 N–H and O–H groups in total. The number of amides is 1. The Bertz CT molecular complexity index is 591. The fourth-order valence-electron chi connectivity index (χ4n) is 1.56. The Morgan fingerprint density at radius 3 is 2.58 bits per heavy atom. The number of carbonyl (C=O) groups is 2. The van der Waals surface area contributed by atoms with Crippen LogP contribution >= 0.6 is 0 Å². The maximum Gasteiger partial charge on any atom is 0.347 e. The molecule has 0 saturated carbocycles. The Labute approximate surface area is 108 Å². The number of carbonyl (C=O) groups excluding carboxylic acids is 2. The number of primary amides is 1. The Hall–Kier alpha value is -2.60. The van der Waals surface area contributed by atoms with E-state index in [2.05, 4.69) is 0 Å². The van der Waals surface area contributed by atoms with Gasteiger partial charge in [0.25, 0.3) is 5.95 Å². The van der Waals surface area contributed by atoms with Gasteiger partial charge in [0.15, 0.2) is 6.10 Å². The van der Waals surface area contributed by atoms with Gasteiger partial charge in [0.2, 0.25) is 5.91 Å². The van der Waals surface area contributed by atoms with E-state index in [4.69, 9.17) is 14.9 Å². The standard InChI is InChI=1S/C13H11NO5/c14-12(16)9-5-2-1-4-8(9)11(15)13(17)19-10-6-3-7-18-10/h1-7,11,15H,(H2,14,16). The second kappa shape index (κ2) is 5.36. The Morgan fingerprint density at radius 2 is 1.95 bits per heavy atom. The largest absolute Gasteiger partial charge is 0.434 e. The normalized spacial score (nSPS) is 11.8. The van der Waals surface area contributed by atoms with Gasteiger partial charge in [-0.1, -0.05) is 18.2 Å². The van der Waals surface area contributed by atoms with Crippen LogP contribution in [0.3, 0.4) is 0 Å². The highest BCUT2D eigenvalue weighted by atomic mass is 16.6. The molecule has 0 radical (unpaired) electrons. The predicted octanol–water partition coefficient (Wildman–Crippen LogP) is 1.02. The van der Waals surface area contributed by atoms with Crippen molar-refractivity contribution in [3.63, 3.8) is 0 Å². The SMILES string of the molecule is NC(=O)c1ccccc1C(O)C(=O)Oc1ccco1. The number of benzene rings is 1. The number of hydrogen-bond donors (Lipinski definition) is 2. The van der Waals surface area contributed by atoms with Crippen LogP contribution in [0.25, 0.3) is 0 Å². The van der Waals surface area contributed by atoms with Crippen molar-refractivity contribution in [2.75, 3.05) is 0 Å². The van der Waals surface area contributed by atoms with Gasteiger partial charge in [-0.2, -0.15) is 0 Å². The lowest BCUT2D eigenvalue weighted by Crippen LogP contribution is -2.22. The molecule has 1 aromatic heterocycles. The van der Waals surface area contributed by atoms with E-state index in [1.165, 1.54) is 30.5 Å². The van der Waals surface area contributed by atoms with Crippen LogP contribution < -0.4 is 10.5 Å². The summed E-state index contributed by atoms with van der Waals surface area (Å²) in [5, 5.41) is 9.89. The molecule has 6 heteroatoms. The molecule has 6 nitrogen and oxygen atoms in total. The lowest BCUT2D eigenvalue weighted by atomic mass is 10.0. The number of hydrogen-bond acceptors (Lipinski definition) is 5. The first-order chi connectivity index (χ1) is 9.09. The third-order valence-corrected chi connectivity index (χ3v) is 2.44. The van der Waals surface area contributed by atoms with Crippen LogP contribution in [-0.4, -0.2) is 17.0 Å². The van der Waals surface area contributed by atoms with Crippen molar-refractivity contribution in [3.8, 4) is 5.95 Å². The quantitative estimate of drug-likeness (QED) is 0.800. The Kier molecular flexibility index (Phi) is 3.63. The molecule has 0 aliphatic rings. The number of furan rings is 1. The van der Waals surface area contributed by atoms with Crippen molar-refractivity contribution in [2.45, 2.75) is 6.10 Å². The lowest BCUT2D eigenvalue weighted by molar-refractivity contribution is -0.145. The topological polar surface area (TPSA) is 103 Å². The van der Waals surface area contributed by atoms with Crippen molar-refractivity contribution >= 4 is 11.9 Å². The van der Waals surface area contributed by atoms with Crippen LogP contribution in [0.15, 0.2) is 47.1 Å². The van der Waals surface area contributed by atoms with E-state index in [0.29, 0.717) is 0 Å². The van der Waals surface area contributed by atoms with E-state index in [1.54, 1.807) is 12.1 Å². The van der Waals surface area contributed by atoms with Crippen molar-refractivity contribution in [1.29, 1.82) is 0 Å². The van der Waals surface area contributed by atoms with Crippen LogP contribution in [0.1, 0.15) is 22.0 Å². The Balaban J connectivity index is 2.22. The van der Waals surface area contributed by atoms with E-state index in [1.807, 2.05) is 0 Å². The molecule has 0 spiro atoms. The zero-order valence-electron chi connectivity index (χ0n) is 9.78. The van der Waals surface area contributed by atoms with E-state index in [0.717, 1.165) is 0 Å². The van der Waals surface area contributed by atoms with Gasteiger partial charge in [-0.15, -0.1) is 0 Å². The number of aliphatic hydroxyl groups excluding tert-OH is 1. The lowest BCUT2D eigenvalue weighted by Gasteiger charge is -2.11. The van der Waals surface area contributed by atoms with Gasteiger partial charge >= 0.3 is 5.97 Å². The number of aliphatic hydroxyl groups is 1. The van der Waals surface area contributed by atoms with E-state index in [-0.39, 0.29) is 17.1 Å². The van der Waals surface area contributed by atoms with Gasteiger partial charge in [0.1, 0.15) is 0 Å². The molecule has 1 aromatic carbocycles. The smallest absolute Gasteiger partial charge is 0.347 e. The third-order valence-electron chi connectivity index (χ3n) is 2.44. The second-order valence-electron chi connectivity index (χ2n) is 3.71. The molecule has 0 saturated heterocycles. The van der Waals surface area contributed by atoms with Gasteiger partial charge in [0, 0.05) is 17.2 Å². The van der Waals surface area contributed by atoms with Crippen molar-refractivity contribution in [2.24, 2.45) is 5.73 Å². The molecule has 2 rings (SSSR count). The summed E-state index contributed by atoms with van der Waals surface area (Å²) in [4.78, 5) is 22.9. The van der Waals surface area contributed by atoms with Crippen molar-refractivity contribution < 1.29 is 23.8 Å². The highest BCUT2D eigenvalue weighted by Gasteiger charge is 2.24. The molecule has 2 aromatic rings. The first-order valence-corrected chi connectivity index (χ1v) is 5.41. The summed E-state index contributed by atoms with van der Waals surface area (Å²) in [7, 11) is 0. The minimum absolute atomic E-state index is 0.0411. The molecular formula is C13H11NO5. The minimum atomic E-state index is -1.62. The fraction of sp³-hybridized carbons (Fsp3) is 0.0769. The molecule has 0 bridgehead atoms. The summed E-state index contributed by atoms with van der Waals surface area (Å²) in [5.74, 6) is -1.73. The zero-order valence-corrected chi connectivity index (χ0v) is 9.78. The summed E-state index contributed by atoms with van der Waals surface area (Å²) < 4.78 is 9.62. The third kappa shape index (κ3) is 2.80. The number of nitrogens with two attached hydrogens (primary N) is 1. The highest BCUT2D eigenvalue weighted by molar-refractivity contribution is 5.96. The van der Waals surface area contributed by atoms with Crippen molar-refractivity contribution in [3.05, 3.63) is 53.8 Å². The van der Waals surface area contributed by atoms with Crippen LogP contribution in [0.5, 0.6) is 5.95 Å².